The first-order chi connectivity index (χ1) is 10.2. The third-order valence-corrected chi connectivity index (χ3v) is 3.70. The number of nitrogens with one attached hydrogen (secondary N) is 1. The monoisotopic (exact) mass is 292 g/mol. The Balaban J connectivity index is 1.88. The van der Waals surface area contributed by atoms with Crippen LogP contribution in [0.15, 0.2) is 24.3 Å². The van der Waals surface area contributed by atoms with Crippen LogP contribution in [0, 0.1) is 0 Å². The molecule has 0 bridgehead atoms. The molecule has 1 heterocycles. The van der Waals surface area contributed by atoms with Crippen LogP contribution in [-0.2, 0) is 11.3 Å². The average molecular weight is 292 g/mol. The Morgan fingerprint density at radius 3 is 2.81 bits per heavy atom. The van der Waals surface area contributed by atoms with Crippen LogP contribution in [0.4, 0.5) is 0 Å². The number of rotatable bonds is 7. The van der Waals surface area contributed by atoms with Gasteiger partial charge < -0.3 is 20.1 Å². The molecule has 1 unspecified atom stereocenters. The van der Waals surface area contributed by atoms with Crippen LogP contribution >= 0.6 is 0 Å². The Hall–Kier alpha value is -1.59. The lowest BCUT2D eigenvalue weighted by atomic mass is 10.2. The van der Waals surface area contributed by atoms with Gasteiger partial charge in [0.1, 0.15) is 5.75 Å². The van der Waals surface area contributed by atoms with Gasteiger partial charge in [-0.3, -0.25) is 4.79 Å². The second-order valence-corrected chi connectivity index (χ2v) is 5.45. The fourth-order valence-corrected chi connectivity index (χ4v) is 2.34. The highest BCUT2D eigenvalue weighted by Crippen LogP contribution is 2.18. The number of carbonyl (C=O) groups is 1. The van der Waals surface area contributed by atoms with Crippen LogP contribution in [0.5, 0.6) is 5.75 Å². The molecule has 1 atom stereocenters. The Kier molecular flexibility index (Phi) is 6.02. The summed E-state index contributed by atoms with van der Waals surface area (Å²) in [6.07, 6.45) is 2.18. The van der Waals surface area contributed by atoms with Crippen LogP contribution in [-0.4, -0.2) is 48.3 Å². The molecule has 5 nitrogen and oxygen atoms in total. The molecule has 116 valence electrons. The van der Waals surface area contributed by atoms with E-state index in [9.17, 15) is 4.79 Å². The topological polar surface area (TPSA) is 61.8 Å². The molecule has 2 N–H and O–H groups in total. The van der Waals surface area contributed by atoms with Crippen molar-refractivity contribution in [2.24, 2.45) is 0 Å². The number of likely N-dealkylation sites (tertiary alicyclic amines) is 1. The minimum atomic E-state index is 0.0317. The Labute approximate surface area is 125 Å². The van der Waals surface area contributed by atoms with Gasteiger partial charge in [-0.05, 0) is 25.8 Å². The van der Waals surface area contributed by atoms with Crippen molar-refractivity contribution in [3.63, 3.8) is 0 Å². The van der Waals surface area contributed by atoms with E-state index in [2.05, 4.69) is 5.32 Å². The molecule has 1 aromatic carbocycles. The zero-order chi connectivity index (χ0) is 15.1. The van der Waals surface area contributed by atoms with Gasteiger partial charge in [-0.1, -0.05) is 18.2 Å². The second kappa shape index (κ2) is 8.00. The van der Waals surface area contributed by atoms with Gasteiger partial charge in [0.2, 0.25) is 0 Å². The number of carbonyl (C=O) groups excluding carboxylic acids is 1. The van der Waals surface area contributed by atoms with Gasteiger partial charge in [0.15, 0.2) is 6.61 Å². The van der Waals surface area contributed by atoms with Crippen molar-refractivity contribution >= 4 is 5.91 Å². The van der Waals surface area contributed by atoms with Crippen molar-refractivity contribution in [2.75, 3.05) is 26.3 Å². The SMILES string of the molecule is CC(CO)NCc1ccccc1OCC(=O)N1CCCC1. The lowest BCUT2D eigenvalue weighted by Crippen LogP contribution is -2.32. The Bertz CT molecular complexity index is 459. The Morgan fingerprint density at radius 1 is 1.38 bits per heavy atom. The summed E-state index contributed by atoms with van der Waals surface area (Å²) in [6.45, 7) is 4.40. The lowest BCUT2D eigenvalue weighted by Gasteiger charge is -2.17. The normalized spacial score (nSPS) is 16.0. The second-order valence-electron chi connectivity index (χ2n) is 5.45. The zero-order valence-corrected chi connectivity index (χ0v) is 12.5. The molecule has 0 radical (unpaired) electrons. The summed E-state index contributed by atoms with van der Waals surface area (Å²) < 4.78 is 5.68. The van der Waals surface area contributed by atoms with Gasteiger partial charge in [-0.2, -0.15) is 0 Å². The molecule has 0 spiro atoms. The summed E-state index contributed by atoms with van der Waals surface area (Å²) in [4.78, 5) is 13.9. The molecule has 5 heteroatoms. The molecule has 21 heavy (non-hydrogen) atoms. The maximum absolute atomic E-state index is 12.0. The molecule has 0 saturated carbocycles. The molecular formula is C16H24N2O3. The number of aliphatic hydroxyl groups excluding tert-OH is 1. The number of ether oxygens (including phenoxy) is 1. The van der Waals surface area contributed by atoms with Gasteiger partial charge in [0.05, 0.1) is 6.61 Å². The van der Waals surface area contributed by atoms with Crippen molar-refractivity contribution in [2.45, 2.75) is 32.4 Å². The minimum absolute atomic E-state index is 0.0317. The van der Waals surface area contributed by atoms with Crippen molar-refractivity contribution < 1.29 is 14.6 Å². The molecule has 1 amide bonds. The van der Waals surface area contributed by atoms with Crippen molar-refractivity contribution in [1.82, 2.24) is 10.2 Å². The minimum Gasteiger partial charge on any atom is -0.483 e. The first-order valence-electron chi connectivity index (χ1n) is 7.53. The summed E-state index contributed by atoms with van der Waals surface area (Å²) in [5.41, 5.74) is 0.993. The van der Waals surface area contributed by atoms with E-state index in [1.54, 1.807) is 0 Å². The smallest absolute Gasteiger partial charge is 0.260 e. The van der Waals surface area contributed by atoms with E-state index >= 15 is 0 Å². The standard InChI is InChI=1S/C16H24N2O3/c1-13(11-19)17-10-14-6-2-3-7-15(14)21-12-16(20)18-8-4-5-9-18/h2-3,6-7,13,17,19H,4-5,8-12H2,1H3. The summed E-state index contributed by atoms with van der Waals surface area (Å²) in [5, 5.41) is 12.2. The average Bonchev–Trinajstić information content (AvgIpc) is 3.05. The summed E-state index contributed by atoms with van der Waals surface area (Å²) >= 11 is 0. The van der Waals surface area contributed by atoms with Crippen molar-refractivity contribution in [1.29, 1.82) is 0 Å². The van der Waals surface area contributed by atoms with E-state index in [1.807, 2.05) is 36.1 Å². The number of amides is 1. The van der Waals surface area contributed by atoms with Crippen molar-refractivity contribution in [3.8, 4) is 5.75 Å². The largest absolute Gasteiger partial charge is 0.483 e. The van der Waals surface area contributed by atoms with E-state index in [1.165, 1.54) is 0 Å². The maximum atomic E-state index is 12.0. The first kappa shape index (κ1) is 15.8. The van der Waals surface area contributed by atoms with Gasteiger partial charge in [-0.15, -0.1) is 0 Å². The quantitative estimate of drug-likeness (QED) is 0.791. The van der Waals surface area contributed by atoms with Gasteiger partial charge in [0.25, 0.3) is 5.91 Å². The Morgan fingerprint density at radius 2 is 2.10 bits per heavy atom. The first-order valence-corrected chi connectivity index (χ1v) is 7.53. The molecule has 1 saturated heterocycles. The van der Waals surface area contributed by atoms with Crippen LogP contribution < -0.4 is 10.1 Å². The number of nitrogens with zero attached hydrogens (tertiary/aromatic N) is 1. The highest BCUT2D eigenvalue weighted by molar-refractivity contribution is 5.78. The summed E-state index contributed by atoms with van der Waals surface area (Å²) in [5.74, 6) is 0.779. The molecule has 1 fully saturated rings. The molecule has 1 aromatic rings. The zero-order valence-electron chi connectivity index (χ0n) is 12.5. The summed E-state index contributed by atoms with van der Waals surface area (Å²) in [6, 6.07) is 7.71. The molecule has 0 aliphatic carbocycles. The van der Waals surface area contributed by atoms with E-state index in [-0.39, 0.29) is 25.2 Å². The third kappa shape index (κ3) is 4.72. The van der Waals surface area contributed by atoms with Crippen LogP contribution in [0.25, 0.3) is 0 Å². The number of aliphatic hydroxyl groups is 1. The molecule has 1 aliphatic heterocycles. The van der Waals surface area contributed by atoms with E-state index in [0.29, 0.717) is 6.54 Å². The molecule has 2 rings (SSSR count). The highest BCUT2D eigenvalue weighted by Gasteiger charge is 2.18. The van der Waals surface area contributed by atoms with Crippen LogP contribution in [0.3, 0.4) is 0 Å². The third-order valence-electron chi connectivity index (χ3n) is 3.70. The molecular weight excluding hydrogens is 268 g/mol. The number of hydrogen-bond donors (Lipinski definition) is 2. The predicted molar refractivity (Wildman–Crippen MR) is 81.1 cm³/mol. The predicted octanol–water partition coefficient (Wildman–Crippen LogP) is 1.16. The molecule has 1 aliphatic rings. The highest BCUT2D eigenvalue weighted by atomic mass is 16.5. The van der Waals surface area contributed by atoms with E-state index < -0.39 is 0 Å². The lowest BCUT2D eigenvalue weighted by molar-refractivity contribution is -0.132. The maximum Gasteiger partial charge on any atom is 0.260 e. The number of hydrogen-bond acceptors (Lipinski definition) is 4. The molecule has 0 aromatic heterocycles. The summed E-state index contributed by atoms with van der Waals surface area (Å²) in [7, 11) is 0. The van der Waals surface area contributed by atoms with Crippen molar-refractivity contribution in [3.05, 3.63) is 29.8 Å². The van der Waals surface area contributed by atoms with Crippen LogP contribution in [0.2, 0.25) is 0 Å². The van der Waals surface area contributed by atoms with Crippen LogP contribution in [0.1, 0.15) is 25.3 Å². The van der Waals surface area contributed by atoms with Gasteiger partial charge >= 0.3 is 0 Å². The number of benzene rings is 1. The van der Waals surface area contributed by atoms with E-state index in [4.69, 9.17) is 9.84 Å². The van der Waals surface area contributed by atoms with Gasteiger partial charge in [0, 0.05) is 31.2 Å². The van der Waals surface area contributed by atoms with Gasteiger partial charge in [-0.25, -0.2) is 0 Å². The fourth-order valence-electron chi connectivity index (χ4n) is 2.34. The number of para-hydroxylation sites is 1. The fraction of sp³-hybridized carbons (Fsp3) is 0.562. The van der Waals surface area contributed by atoms with E-state index in [0.717, 1.165) is 37.2 Å².